The fourth-order valence-electron chi connectivity index (χ4n) is 0. The molecule has 0 aromatic rings. The van der Waals surface area contributed by atoms with Gasteiger partial charge in [-0.25, -0.2) is 0 Å². The Balaban J connectivity index is 0. The van der Waals surface area contributed by atoms with E-state index < -0.39 is 0 Å². The van der Waals surface area contributed by atoms with Crippen LogP contribution < -0.4 is 0 Å². The van der Waals surface area contributed by atoms with Crippen molar-refractivity contribution in [3.8, 4) is 0 Å². The summed E-state index contributed by atoms with van der Waals surface area (Å²) in [5.41, 5.74) is 0. The van der Waals surface area contributed by atoms with E-state index in [1.165, 1.54) is 0 Å². The Morgan fingerprint density at radius 3 is 1.25 bits per heavy atom. The molecule has 0 aliphatic carbocycles. The van der Waals surface area contributed by atoms with Crippen molar-refractivity contribution in [3.63, 3.8) is 0 Å². The van der Waals surface area contributed by atoms with E-state index in [0.717, 1.165) is 0 Å². The van der Waals surface area contributed by atoms with Gasteiger partial charge in [-0.05, 0) is 0 Å². The van der Waals surface area contributed by atoms with E-state index >= 15 is 0 Å². The summed E-state index contributed by atoms with van der Waals surface area (Å²) in [7, 11) is 0. The molecule has 0 saturated carbocycles. The van der Waals surface area contributed by atoms with E-state index in [2.05, 4.69) is 0 Å². The Hall–Kier alpha value is 1.00. The molecule has 0 aromatic carbocycles. The van der Waals surface area contributed by atoms with Gasteiger partial charge < -0.3 is 0 Å². The first kappa shape index (κ1) is 8.89. The van der Waals surface area contributed by atoms with Crippen molar-refractivity contribution in [1.29, 1.82) is 0 Å². The summed E-state index contributed by atoms with van der Waals surface area (Å²) in [6, 6.07) is 0. The van der Waals surface area contributed by atoms with Gasteiger partial charge in [0.15, 0.2) is 0 Å². The Morgan fingerprint density at radius 2 is 1.25 bits per heavy atom. The molecule has 0 aliphatic rings. The average Bonchev–Trinajstić information content (AvgIpc) is 1.50. The molecule has 0 amide bonds. The fourth-order valence-corrected chi connectivity index (χ4v) is 0. The third kappa shape index (κ3) is 12.0. The van der Waals surface area contributed by atoms with E-state index in [9.17, 15) is 0 Å². The van der Waals surface area contributed by atoms with Gasteiger partial charge in [0.05, 0.1) is 0 Å². The fraction of sp³-hybridized carbons (Fsp3) is 0. The van der Waals surface area contributed by atoms with Gasteiger partial charge in [0.1, 0.15) is 0 Å². The third-order valence-electron chi connectivity index (χ3n) is 0. The van der Waals surface area contributed by atoms with Crippen LogP contribution in [-0.2, 0) is 47.3 Å². The van der Waals surface area contributed by atoms with E-state index in [4.69, 9.17) is 6.65 Å². The van der Waals surface area contributed by atoms with Crippen LogP contribution in [0.2, 0.25) is 0 Å². The minimum absolute atomic E-state index is 0.300. The molecule has 2 nitrogen and oxygen atoms in total. The Morgan fingerprint density at radius 1 is 1.25 bits per heavy atom. The first-order valence-electron chi connectivity index (χ1n) is 0.348. The summed E-state index contributed by atoms with van der Waals surface area (Å²) < 4.78 is 16.3. The van der Waals surface area contributed by atoms with Gasteiger partial charge in [-0.15, -0.1) is 0 Å². The zero-order valence-electron chi connectivity index (χ0n) is 1.67. The van der Waals surface area contributed by atoms with Gasteiger partial charge in [-0.1, -0.05) is 0 Å². The predicted molar refractivity (Wildman–Crippen MR) is 1.37 cm³/mol. The van der Waals surface area contributed by atoms with Crippen molar-refractivity contribution in [1.82, 2.24) is 0 Å². The molecule has 0 radical (unpaired) electrons. The second kappa shape index (κ2) is 35.9. The number of rotatable bonds is 0. The maximum atomic E-state index is 8.34. The third-order valence-corrected chi connectivity index (χ3v) is 0. The first-order chi connectivity index (χ1) is 2.00. The second-order valence-corrected chi connectivity index (χ2v) is 0. The van der Waals surface area contributed by atoms with Crippen LogP contribution in [0.25, 0.3) is 0 Å². The molecule has 0 aliphatic heterocycles. The molecule has 0 saturated heterocycles. The zero-order chi connectivity index (χ0) is 4.00. The van der Waals surface area contributed by atoms with Crippen molar-refractivity contribution in [2.75, 3.05) is 0 Å². The molecule has 0 fully saturated rings. The van der Waals surface area contributed by atoms with Crippen LogP contribution in [-0.4, -0.2) is 0 Å². The molecule has 0 atom stereocenters. The Kier molecular flexibility index (Phi) is 79.8. The van der Waals surface area contributed by atoms with Crippen molar-refractivity contribution >= 4 is 0 Å². The number of hydrogen-bond acceptors (Lipinski definition) is 2. The van der Waals surface area contributed by atoms with E-state index in [1.54, 1.807) is 0 Å². The molecule has 4 heteroatoms. The van der Waals surface area contributed by atoms with E-state index in [0.29, 0.717) is 24.7 Å². The molecule has 0 N–H and O–H groups in total. The summed E-state index contributed by atoms with van der Waals surface area (Å²) in [5.74, 6) is 0. The standard InChI is InChI=1S/Fe.2O.Zr. The zero-order valence-corrected chi connectivity index (χ0v) is 5.23. The van der Waals surface area contributed by atoms with Crippen LogP contribution >= 0.6 is 0 Å². The van der Waals surface area contributed by atoms with Crippen LogP contribution in [0.15, 0.2) is 0 Å². The summed E-state index contributed by atoms with van der Waals surface area (Å²) in [6.45, 7) is 0. The summed E-state index contributed by atoms with van der Waals surface area (Å²) in [4.78, 5) is 0. The Bertz CT molecular complexity index is 8.00. The molecule has 4 heavy (non-hydrogen) atoms. The van der Waals surface area contributed by atoms with Gasteiger partial charge in [0, 0.05) is 0 Å². The van der Waals surface area contributed by atoms with Gasteiger partial charge >= 0.3 is 47.3 Å². The molecular formula is FeO2Zr. The monoisotopic (exact) mass is 178 g/mol. The molecular weight excluding hydrogens is 179 g/mol. The quantitative estimate of drug-likeness (QED) is 0.481. The normalized spacial score (nSPS) is 2.00. The van der Waals surface area contributed by atoms with E-state index in [-0.39, 0.29) is 0 Å². The molecule has 0 aromatic heterocycles. The molecule has 24 valence electrons. The SMILES string of the molecule is [O]=[Fe].[O]=[Zr]. The van der Waals surface area contributed by atoms with E-state index in [1.807, 2.05) is 15.9 Å². The second-order valence-electron chi connectivity index (χ2n) is 0. The molecule has 0 spiro atoms. The topological polar surface area (TPSA) is 34.1 Å². The maximum absolute atomic E-state index is 8.34. The Labute approximate surface area is 47.3 Å². The average molecular weight is 179 g/mol. The molecule has 0 bridgehead atoms. The van der Waals surface area contributed by atoms with Crippen LogP contribution in [0.3, 0.4) is 0 Å². The van der Waals surface area contributed by atoms with Gasteiger partial charge in [-0.3, -0.25) is 0 Å². The number of hydrogen-bond donors (Lipinski definition) is 0. The van der Waals surface area contributed by atoms with Crippen LogP contribution in [0.4, 0.5) is 0 Å². The van der Waals surface area contributed by atoms with Crippen LogP contribution in [0.1, 0.15) is 0 Å². The van der Waals surface area contributed by atoms with Crippen LogP contribution in [0, 0.1) is 0 Å². The van der Waals surface area contributed by atoms with Crippen LogP contribution in [0.5, 0.6) is 0 Å². The van der Waals surface area contributed by atoms with Crippen molar-refractivity contribution < 1.29 is 47.3 Å². The van der Waals surface area contributed by atoms with Crippen molar-refractivity contribution in [2.24, 2.45) is 0 Å². The molecule has 0 rings (SSSR count). The van der Waals surface area contributed by atoms with Gasteiger partial charge in [0.25, 0.3) is 0 Å². The summed E-state index contributed by atoms with van der Waals surface area (Å²) in [6.07, 6.45) is 0. The molecule has 0 heterocycles. The predicted octanol–water partition coefficient (Wildman–Crippen LogP) is -0.243. The molecule has 0 unspecified atom stereocenters. The summed E-state index contributed by atoms with van der Waals surface area (Å²) in [5, 5.41) is 0. The first-order valence-corrected chi connectivity index (χ1v) is 1.80. The van der Waals surface area contributed by atoms with Crippen molar-refractivity contribution in [3.05, 3.63) is 0 Å². The van der Waals surface area contributed by atoms with Gasteiger partial charge in [0.2, 0.25) is 0 Å². The summed E-state index contributed by atoms with van der Waals surface area (Å²) >= 11 is 2.30. The van der Waals surface area contributed by atoms with Gasteiger partial charge in [-0.2, -0.15) is 0 Å². The minimum atomic E-state index is 0.300. The van der Waals surface area contributed by atoms with Crippen molar-refractivity contribution in [2.45, 2.75) is 0 Å².